The highest BCUT2D eigenvalue weighted by atomic mass is 15.2. The fourth-order valence-electron chi connectivity index (χ4n) is 2.95. The Hall–Kier alpha value is -1.33. The van der Waals surface area contributed by atoms with Gasteiger partial charge in [-0.2, -0.15) is 5.26 Å². The van der Waals surface area contributed by atoms with Crippen LogP contribution in [0.4, 0.5) is 0 Å². The van der Waals surface area contributed by atoms with Crippen molar-refractivity contribution in [3.8, 4) is 6.07 Å². The molecule has 1 fully saturated rings. The molecule has 0 saturated carbocycles. The van der Waals surface area contributed by atoms with E-state index in [2.05, 4.69) is 49.1 Å². The van der Waals surface area contributed by atoms with Crippen LogP contribution >= 0.6 is 0 Å². The lowest BCUT2D eigenvalue weighted by Gasteiger charge is -2.41. The molecule has 0 N–H and O–H groups in total. The van der Waals surface area contributed by atoms with Crippen LogP contribution in [0.1, 0.15) is 44.7 Å². The Balaban J connectivity index is 2.22. The number of nitrogens with zero attached hydrogens (tertiary/aromatic N) is 2. The van der Waals surface area contributed by atoms with Gasteiger partial charge in [-0.05, 0) is 31.2 Å². The molecule has 96 valence electrons. The predicted octanol–water partition coefficient (Wildman–Crippen LogP) is 3.76. The van der Waals surface area contributed by atoms with Crippen LogP contribution in [0.3, 0.4) is 0 Å². The van der Waals surface area contributed by atoms with Gasteiger partial charge in [0.2, 0.25) is 0 Å². The topological polar surface area (TPSA) is 27.0 Å². The van der Waals surface area contributed by atoms with E-state index in [-0.39, 0.29) is 6.04 Å². The van der Waals surface area contributed by atoms with Gasteiger partial charge < -0.3 is 0 Å². The molecule has 0 radical (unpaired) electrons. The van der Waals surface area contributed by atoms with Crippen LogP contribution < -0.4 is 0 Å². The van der Waals surface area contributed by atoms with E-state index in [4.69, 9.17) is 5.26 Å². The van der Waals surface area contributed by atoms with Crippen LogP contribution in [0.5, 0.6) is 0 Å². The SMILES string of the molecule is CC1CCC(C)N(C(CC#N)c2ccccc2)C1. The van der Waals surface area contributed by atoms with E-state index in [1.165, 1.54) is 18.4 Å². The number of likely N-dealkylation sites (tertiary alicyclic amines) is 1. The number of hydrogen-bond acceptors (Lipinski definition) is 2. The minimum absolute atomic E-state index is 0.258. The second-order valence-electron chi connectivity index (χ2n) is 5.52. The third kappa shape index (κ3) is 2.91. The van der Waals surface area contributed by atoms with Gasteiger partial charge in [0.15, 0.2) is 0 Å². The lowest BCUT2D eigenvalue weighted by molar-refractivity contribution is 0.0780. The molecule has 1 aliphatic rings. The van der Waals surface area contributed by atoms with Gasteiger partial charge in [0.05, 0.1) is 12.5 Å². The molecule has 3 unspecified atom stereocenters. The molecule has 0 aliphatic carbocycles. The fourth-order valence-corrected chi connectivity index (χ4v) is 2.95. The molecule has 0 aromatic heterocycles. The van der Waals surface area contributed by atoms with Gasteiger partial charge >= 0.3 is 0 Å². The number of piperidine rings is 1. The Bertz CT molecular complexity index is 407. The lowest BCUT2D eigenvalue weighted by Crippen LogP contribution is -2.43. The summed E-state index contributed by atoms with van der Waals surface area (Å²) >= 11 is 0. The number of benzene rings is 1. The number of rotatable bonds is 3. The molecule has 18 heavy (non-hydrogen) atoms. The molecule has 1 aromatic rings. The highest BCUT2D eigenvalue weighted by Gasteiger charge is 2.29. The summed E-state index contributed by atoms with van der Waals surface area (Å²) in [6.07, 6.45) is 3.14. The van der Waals surface area contributed by atoms with Crippen LogP contribution in [-0.2, 0) is 0 Å². The van der Waals surface area contributed by atoms with Crippen LogP contribution in [0, 0.1) is 17.2 Å². The van der Waals surface area contributed by atoms with Crippen molar-refractivity contribution in [1.82, 2.24) is 4.90 Å². The summed E-state index contributed by atoms with van der Waals surface area (Å²) in [5.41, 5.74) is 1.28. The summed E-state index contributed by atoms with van der Waals surface area (Å²) in [6, 6.07) is 13.7. The zero-order chi connectivity index (χ0) is 13.0. The monoisotopic (exact) mass is 242 g/mol. The van der Waals surface area contributed by atoms with Gasteiger partial charge in [-0.3, -0.25) is 4.90 Å². The zero-order valence-corrected chi connectivity index (χ0v) is 11.3. The molecule has 1 heterocycles. The molecule has 0 amide bonds. The van der Waals surface area contributed by atoms with Crippen molar-refractivity contribution in [3.05, 3.63) is 35.9 Å². The van der Waals surface area contributed by atoms with E-state index >= 15 is 0 Å². The summed E-state index contributed by atoms with van der Waals surface area (Å²) in [4.78, 5) is 2.52. The van der Waals surface area contributed by atoms with E-state index in [1.54, 1.807) is 0 Å². The maximum absolute atomic E-state index is 9.10. The van der Waals surface area contributed by atoms with E-state index < -0.39 is 0 Å². The van der Waals surface area contributed by atoms with Gasteiger partial charge in [0, 0.05) is 18.6 Å². The fraction of sp³-hybridized carbons (Fsp3) is 0.562. The highest BCUT2D eigenvalue weighted by molar-refractivity contribution is 5.20. The minimum atomic E-state index is 0.258. The molecule has 1 aliphatic heterocycles. The van der Waals surface area contributed by atoms with Gasteiger partial charge in [-0.1, -0.05) is 37.3 Å². The Labute approximate surface area is 110 Å². The third-order valence-electron chi connectivity index (χ3n) is 4.04. The average molecular weight is 242 g/mol. The van der Waals surface area contributed by atoms with Crippen molar-refractivity contribution in [2.24, 2.45) is 5.92 Å². The highest BCUT2D eigenvalue weighted by Crippen LogP contribution is 2.32. The molecular weight excluding hydrogens is 220 g/mol. The quantitative estimate of drug-likeness (QED) is 0.807. The molecule has 1 saturated heterocycles. The Kier molecular flexibility index (Phi) is 4.38. The molecule has 3 atom stereocenters. The summed E-state index contributed by atoms with van der Waals surface area (Å²) in [5.74, 6) is 0.742. The normalized spacial score (nSPS) is 26.5. The molecule has 2 nitrogen and oxygen atoms in total. The second-order valence-corrected chi connectivity index (χ2v) is 5.52. The van der Waals surface area contributed by atoms with Crippen molar-refractivity contribution in [1.29, 1.82) is 5.26 Å². The van der Waals surface area contributed by atoms with Crippen LogP contribution in [0.2, 0.25) is 0 Å². The molecule has 2 rings (SSSR count). The van der Waals surface area contributed by atoms with E-state index in [9.17, 15) is 0 Å². The van der Waals surface area contributed by atoms with Crippen molar-refractivity contribution >= 4 is 0 Å². The van der Waals surface area contributed by atoms with Crippen LogP contribution in [0.25, 0.3) is 0 Å². The van der Waals surface area contributed by atoms with Crippen molar-refractivity contribution < 1.29 is 0 Å². The first-order chi connectivity index (χ1) is 8.72. The lowest BCUT2D eigenvalue weighted by atomic mass is 9.91. The van der Waals surface area contributed by atoms with Gasteiger partial charge in [0.25, 0.3) is 0 Å². The molecular formula is C16H22N2. The Morgan fingerprint density at radius 2 is 2.00 bits per heavy atom. The van der Waals surface area contributed by atoms with Gasteiger partial charge in [-0.15, -0.1) is 0 Å². The maximum atomic E-state index is 9.10. The Morgan fingerprint density at radius 3 is 2.67 bits per heavy atom. The van der Waals surface area contributed by atoms with Crippen molar-refractivity contribution in [2.45, 2.75) is 45.2 Å². The van der Waals surface area contributed by atoms with E-state index in [1.807, 2.05) is 6.07 Å². The minimum Gasteiger partial charge on any atom is -0.292 e. The average Bonchev–Trinajstić information content (AvgIpc) is 2.40. The zero-order valence-electron chi connectivity index (χ0n) is 11.3. The first kappa shape index (κ1) is 13.1. The summed E-state index contributed by atoms with van der Waals surface area (Å²) in [6.45, 7) is 5.72. The number of nitriles is 1. The molecule has 1 aromatic carbocycles. The predicted molar refractivity (Wildman–Crippen MR) is 74.0 cm³/mol. The third-order valence-corrected chi connectivity index (χ3v) is 4.04. The molecule has 2 heteroatoms. The standard InChI is InChI=1S/C16H22N2/c1-13-8-9-14(2)18(12-13)16(10-11-17)15-6-4-3-5-7-15/h3-7,13-14,16H,8-10,12H2,1-2H3. The Morgan fingerprint density at radius 1 is 1.28 bits per heavy atom. The largest absolute Gasteiger partial charge is 0.292 e. The first-order valence-corrected chi connectivity index (χ1v) is 6.90. The van der Waals surface area contributed by atoms with E-state index in [0.717, 1.165) is 12.5 Å². The smallest absolute Gasteiger partial charge is 0.0641 e. The molecule has 0 spiro atoms. The van der Waals surface area contributed by atoms with Crippen molar-refractivity contribution in [2.75, 3.05) is 6.54 Å². The van der Waals surface area contributed by atoms with Gasteiger partial charge in [0.1, 0.15) is 0 Å². The van der Waals surface area contributed by atoms with Crippen LogP contribution in [-0.4, -0.2) is 17.5 Å². The summed E-state index contributed by atoms with van der Waals surface area (Å²) in [7, 11) is 0. The molecule has 0 bridgehead atoms. The van der Waals surface area contributed by atoms with E-state index in [0.29, 0.717) is 12.5 Å². The summed E-state index contributed by atoms with van der Waals surface area (Å²) in [5, 5.41) is 9.10. The summed E-state index contributed by atoms with van der Waals surface area (Å²) < 4.78 is 0. The van der Waals surface area contributed by atoms with Crippen LogP contribution in [0.15, 0.2) is 30.3 Å². The van der Waals surface area contributed by atoms with Gasteiger partial charge in [-0.25, -0.2) is 0 Å². The second kappa shape index (κ2) is 6.02. The first-order valence-electron chi connectivity index (χ1n) is 6.90. The number of hydrogen-bond donors (Lipinski definition) is 0. The maximum Gasteiger partial charge on any atom is 0.0641 e. The van der Waals surface area contributed by atoms with Crippen molar-refractivity contribution in [3.63, 3.8) is 0 Å².